The lowest BCUT2D eigenvalue weighted by molar-refractivity contribution is 0.764. The molecule has 0 nitrogen and oxygen atoms in total. The average molecular weight is 394 g/mol. The normalized spacial score (nSPS) is 15.2. The number of rotatable bonds is 3. The van der Waals surface area contributed by atoms with Crippen LogP contribution in [0, 0.1) is 0 Å². The van der Waals surface area contributed by atoms with E-state index in [0.717, 1.165) is 11.1 Å². The molecule has 0 heterocycles. The molecular formula is C27H20FP. The Labute approximate surface area is 172 Å². The molecule has 5 rings (SSSR count). The Kier molecular flexibility index (Phi) is 4.84. The molecule has 0 aliphatic heterocycles. The van der Waals surface area contributed by atoms with Gasteiger partial charge in [-0.15, -0.1) is 0 Å². The summed E-state index contributed by atoms with van der Waals surface area (Å²) in [7, 11) is -0.778. The first-order chi connectivity index (χ1) is 14.3. The van der Waals surface area contributed by atoms with E-state index in [4.69, 9.17) is 0 Å². The predicted octanol–water partition coefficient (Wildman–Crippen LogP) is 6.69. The van der Waals surface area contributed by atoms with Crippen molar-refractivity contribution in [1.82, 2.24) is 0 Å². The minimum Gasteiger partial charge on any atom is -0.206 e. The fraction of sp³-hybridized carbons (Fsp3) is 0.0370. The van der Waals surface area contributed by atoms with Crippen molar-refractivity contribution < 1.29 is 4.39 Å². The molecule has 0 amide bonds. The van der Waals surface area contributed by atoms with Crippen molar-refractivity contribution >= 4 is 30.4 Å². The van der Waals surface area contributed by atoms with Gasteiger partial charge in [0, 0.05) is 11.2 Å². The molecule has 4 aromatic rings. The van der Waals surface area contributed by atoms with Crippen molar-refractivity contribution in [3.8, 4) is 0 Å². The molecule has 0 aromatic heterocycles. The second kappa shape index (κ2) is 7.78. The maximum absolute atomic E-state index is 15.2. The standard InChI is InChI=1S/C27H20FP/c28-26-19-20-11-7-8-16-23(20)27(25-18-10-9-17-24(25)26)29(21-12-3-1-4-13-21)22-14-5-2-6-15-22/h1-19,27H. The summed E-state index contributed by atoms with van der Waals surface area (Å²) >= 11 is 0. The van der Waals surface area contributed by atoms with Crippen LogP contribution < -0.4 is 10.6 Å². The molecule has 0 saturated carbocycles. The summed E-state index contributed by atoms with van der Waals surface area (Å²) in [6, 6.07) is 37.5. The lowest BCUT2D eigenvalue weighted by Crippen LogP contribution is -2.18. The van der Waals surface area contributed by atoms with E-state index in [0.29, 0.717) is 5.56 Å². The van der Waals surface area contributed by atoms with E-state index in [2.05, 4.69) is 78.9 Å². The molecular weight excluding hydrogens is 374 g/mol. The maximum atomic E-state index is 15.2. The summed E-state index contributed by atoms with van der Waals surface area (Å²) in [4.78, 5) is 0. The first kappa shape index (κ1) is 18.0. The molecule has 1 atom stereocenters. The van der Waals surface area contributed by atoms with E-state index in [1.54, 1.807) is 6.08 Å². The summed E-state index contributed by atoms with van der Waals surface area (Å²) < 4.78 is 15.2. The molecule has 4 aromatic carbocycles. The highest BCUT2D eigenvalue weighted by Gasteiger charge is 2.32. The molecule has 1 aliphatic rings. The Hall–Kier alpha value is -3.02. The van der Waals surface area contributed by atoms with E-state index in [9.17, 15) is 0 Å². The van der Waals surface area contributed by atoms with Gasteiger partial charge in [0.05, 0.1) is 0 Å². The molecule has 1 aliphatic carbocycles. The van der Waals surface area contributed by atoms with E-state index in [1.165, 1.54) is 16.2 Å². The van der Waals surface area contributed by atoms with Crippen LogP contribution in [0.1, 0.15) is 27.9 Å². The highest BCUT2D eigenvalue weighted by Crippen LogP contribution is 2.56. The third-order valence-electron chi connectivity index (χ3n) is 5.41. The highest BCUT2D eigenvalue weighted by molar-refractivity contribution is 7.73. The maximum Gasteiger partial charge on any atom is 0.131 e. The van der Waals surface area contributed by atoms with Gasteiger partial charge in [0.1, 0.15) is 5.83 Å². The molecule has 140 valence electrons. The smallest absolute Gasteiger partial charge is 0.131 e. The first-order valence-corrected chi connectivity index (χ1v) is 11.2. The van der Waals surface area contributed by atoms with Crippen molar-refractivity contribution in [3.63, 3.8) is 0 Å². The monoisotopic (exact) mass is 394 g/mol. The number of fused-ring (bicyclic) bond motifs is 2. The topological polar surface area (TPSA) is 0 Å². The molecule has 2 heteroatoms. The minimum absolute atomic E-state index is 0.0756. The Morgan fingerprint density at radius 3 is 1.72 bits per heavy atom. The van der Waals surface area contributed by atoms with Gasteiger partial charge >= 0.3 is 0 Å². The van der Waals surface area contributed by atoms with E-state index >= 15 is 4.39 Å². The third kappa shape index (κ3) is 3.33. The molecule has 0 radical (unpaired) electrons. The van der Waals surface area contributed by atoms with Gasteiger partial charge in [-0.2, -0.15) is 0 Å². The quantitative estimate of drug-likeness (QED) is 0.340. The molecule has 1 unspecified atom stereocenters. The lowest BCUT2D eigenvalue weighted by Gasteiger charge is -2.31. The molecule has 0 N–H and O–H groups in total. The van der Waals surface area contributed by atoms with E-state index in [-0.39, 0.29) is 11.5 Å². The van der Waals surface area contributed by atoms with Gasteiger partial charge in [0.2, 0.25) is 0 Å². The first-order valence-electron chi connectivity index (χ1n) is 9.78. The van der Waals surface area contributed by atoms with Gasteiger partial charge in [-0.3, -0.25) is 0 Å². The number of benzene rings is 4. The Morgan fingerprint density at radius 2 is 1.07 bits per heavy atom. The van der Waals surface area contributed by atoms with E-state index < -0.39 is 7.92 Å². The zero-order valence-corrected chi connectivity index (χ0v) is 16.8. The van der Waals surface area contributed by atoms with Gasteiger partial charge in [-0.05, 0) is 41.3 Å². The summed E-state index contributed by atoms with van der Waals surface area (Å²) in [6.07, 6.45) is 1.69. The molecule has 0 saturated heterocycles. The van der Waals surface area contributed by atoms with Crippen molar-refractivity contribution in [2.24, 2.45) is 0 Å². The van der Waals surface area contributed by atoms with Crippen LogP contribution in [0.4, 0.5) is 4.39 Å². The fourth-order valence-corrected chi connectivity index (χ4v) is 7.03. The van der Waals surface area contributed by atoms with Crippen LogP contribution in [0.5, 0.6) is 0 Å². The molecule has 29 heavy (non-hydrogen) atoms. The van der Waals surface area contributed by atoms with E-state index in [1.807, 2.05) is 30.3 Å². The summed E-state index contributed by atoms with van der Waals surface area (Å²) in [6.45, 7) is 0. The van der Waals surface area contributed by atoms with Crippen LogP contribution in [0.2, 0.25) is 0 Å². The van der Waals surface area contributed by atoms with Crippen LogP contribution in [-0.2, 0) is 0 Å². The molecule has 0 fully saturated rings. The van der Waals surface area contributed by atoms with Crippen molar-refractivity contribution in [2.45, 2.75) is 5.66 Å². The van der Waals surface area contributed by atoms with Gasteiger partial charge < -0.3 is 0 Å². The van der Waals surface area contributed by atoms with Crippen LogP contribution in [0.3, 0.4) is 0 Å². The highest BCUT2D eigenvalue weighted by atomic mass is 31.1. The van der Waals surface area contributed by atoms with Crippen LogP contribution in [-0.4, -0.2) is 0 Å². The fourth-order valence-electron chi connectivity index (χ4n) is 4.13. The van der Waals surface area contributed by atoms with Crippen LogP contribution in [0.25, 0.3) is 11.9 Å². The average Bonchev–Trinajstić information content (AvgIpc) is 2.91. The van der Waals surface area contributed by atoms with Gasteiger partial charge in [-0.25, -0.2) is 4.39 Å². The predicted molar refractivity (Wildman–Crippen MR) is 123 cm³/mol. The largest absolute Gasteiger partial charge is 0.206 e. The Bertz CT molecular complexity index is 1130. The SMILES string of the molecule is FC1=Cc2ccccc2C(P(c2ccccc2)c2ccccc2)c2ccccc21. The van der Waals surface area contributed by atoms with Gasteiger partial charge in [0.15, 0.2) is 0 Å². The minimum atomic E-state index is -0.778. The zero-order chi connectivity index (χ0) is 19.6. The lowest BCUT2D eigenvalue weighted by atomic mass is 9.99. The Balaban J connectivity index is 1.83. The summed E-state index contributed by atoms with van der Waals surface area (Å²) in [5, 5.41) is 2.59. The summed E-state index contributed by atoms with van der Waals surface area (Å²) in [5.74, 6) is -0.161. The van der Waals surface area contributed by atoms with Crippen molar-refractivity contribution in [3.05, 3.63) is 131 Å². The molecule has 0 bridgehead atoms. The molecule has 0 spiro atoms. The zero-order valence-electron chi connectivity index (χ0n) is 15.9. The third-order valence-corrected chi connectivity index (χ3v) is 8.19. The number of halogens is 1. The van der Waals surface area contributed by atoms with Crippen molar-refractivity contribution in [2.75, 3.05) is 0 Å². The van der Waals surface area contributed by atoms with Crippen LogP contribution >= 0.6 is 7.92 Å². The van der Waals surface area contributed by atoms with Gasteiger partial charge in [-0.1, -0.05) is 109 Å². The number of hydrogen-bond donors (Lipinski definition) is 0. The Morgan fingerprint density at radius 1 is 0.552 bits per heavy atom. The second-order valence-corrected chi connectivity index (χ2v) is 9.44. The summed E-state index contributed by atoms with van der Waals surface area (Å²) in [5.41, 5.74) is 3.99. The van der Waals surface area contributed by atoms with Gasteiger partial charge in [0.25, 0.3) is 0 Å². The van der Waals surface area contributed by atoms with Crippen LogP contribution in [0.15, 0.2) is 109 Å². The number of hydrogen-bond acceptors (Lipinski definition) is 0. The van der Waals surface area contributed by atoms with Crippen molar-refractivity contribution in [1.29, 1.82) is 0 Å². The second-order valence-electron chi connectivity index (χ2n) is 7.15.